The second-order valence-electron chi connectivity index (χ2n) is 7.79. The van der Waals surface area contributed by atoms with E-state index in [2.05, 4.69) is 42.2 Å². The van der Waals surface area contributed by atoms with Gasteiger partial charge in [-0.2, -0.15) is 9.38 Å². The Morgan fingerprint density at radius 3 is 2.60 bits per heavy atom. The fourth-order valence-electron chi connectivity index (χ4n) is 2.94. The summed E-state index contributed by atoms with van der Waals surface area (Å²) in [6.45, 7) is 11.2. The molecular weight excluding hydrogens is 337 g/mol. The van der Waals surface area contributed by atoms with Crippen LogP contribution in [0.1, 0.15) is 60.2 Å². The average molecular weight is 361 g/mol. The van der Waals surface area contributed by atoms with E-state index in [-0.39, 0.29) is 11.3 Å². The van der Waals surface area contributed by atoms with Crippen LogP contribution in [0, 0.1) is 25.7 Å². The van der Waals surface area contributed by atoms with Gasteiger partial charge < -0.3 is 4.57 Å². The van der Waals surface area contributed by atoms with Crippen molar-refractivity contribution in [3.05, 3.63) is 44.7 Å². The second-order valence-corrected chi connectivity index (χ2v) is 8.76. The third kappa shape index (κ3) is 3.89. The molecule has 1 aliphatic carbocycles. The zero-order valence-corrected chi connectivity index (χ0v) is 16.2. The van der Waals surface area contributed by atoms with Crippen molar-refractivity contribution >= 4 is 17.2 Å². The number of amides is 1. The minimum Gasteiger partial charge on any atom is -0.320 e. The predicted molar refractivity (Wildman–Crippen MR) is 97.3 cm³/mol. The summed E-state index contributed by atoms with van der Waals surface area (Å²) in [4.78, 5) is 22.7. The summed E-state index contributed by atoms with van der Waals surface area (Å²) in [6.07, 6.45) is 2.48. The summed E-state index contributed by atoms with van der Waals surface area (Å²) in [5, 5.41) is 0. The topological polar surface area (TPSA) is 47.2 Å². The minimum atomic E-state index is -0.583. The van der Waals surface area contributed by atoms with Crippen LogP contribution in [-0.2, 0) is 12.0 Å². The van der Waals surface area contributed by atoms with Crippen LogP contribution in [0.4, 0.5) is 4.39 Å². The third-order valence-electron chi connectivity index (χ3n) is 4.46. The van der Waals surface area contributed by atoms with Crippen LogP contribution < -0.4 is 4.80 Å². The first-order valence-electron chi connectivity index (χ1n) is 8.59. The maximum Gasteiger partial charge on any atom is 0.281 e. The first kappa shape index (κ1) is 18.0. The van der Waals surface area contributed by atoms with Crippen LogP contribution in [-0.4, -0.2) is 15.5 Å². The lowest BCUT2D eigenvalue weighted by molar-refractivity contribution is 0.0996. The van der Waals surface area contributed by atoms with E-state index in [1.165, 1.54) is 35.5 Å². The van der Waals surface area contributed by atoms with Crippen LogP contribution in [0.5, 0.6) is 0 Å². The molecule has 0 saturated heterocycles. The molecule has 1 amide bonds. The average Bonchev–Trinajstić information content (AvgIpc) is 3.25. The van der Waals surface area contributed by atoms with Crippen molar-refractivity contribution in [2.75, 3.05) is 0 Å². The zero-order valence-electron chi connectivity index (χ0n) is 15.4. The number of carbonyl (C=O) groups is 1. The molecule has 2 aromatic heterocycles. The fourth-order valence-corrected chi connectivity index (χ4v) is 4.14. The highest BCUT2D eigenvalue weighted by Gasteiger charge is 2.27. The molecule has 0 atom stereocenters. The van der Waals surface area contributed by atoms with Gasteiger partial charge in [-0.3, -0.25) is 4.79 Å². The number of thiazole rings is 1. The van der Waals surface area contributed by atoms with Gasteiger partial charge in [0.1, 0.15) is 0 Å². The van der Waals surface area contributed by atoms with Crippen molar-refractivity contribution in [1.29, 1.82) is 0 Å². The molecule has 0 bridgehead atoms. The van der Waals surface area contributed by atoms with Crippen LogP contribution in [0.25, 0.3) is 0 Å². The second kappa shape index (κ2) is 6.48. The molecule has 1 fully saturated rings. The number of aryl methyl sites for hydroxylation is 1. The Morgan fingerprint density at radius 1 is 1.36 bits per heavy atom. The molecule has 134 valence electrons. The van der Waals surface area contributed by atoms with Gasteiger partial charge in [0, 0.05) is 17.1 Å². The van der Waals surface area contributed by atoms with Gasteiger partial charge in [0.15, 0.2) is 4.80 Å². The Kier molecular flexibility index (Phi) is 4.66. The van der Waals surface area contributed by atoms with Gasteiger partial charge in [0.2, 0.25) is 5.95 Å². The van der Waals surface area contributed by atoms with Crippen LogP contribution >= 0.6 is 11.3 Å². The predicted octanol–water partition coefficient (Wildman–Crippen LogP) is 4.15. The van der Waals surface area contributed by atoms with Gasteiger partial charge in [0.05, 0.1) is 11.3 Å². The van der Waals surface area contributed by atoms with Crippen molar-refractivity contribution < 1.29 is 9.18 Å². The lowest BCUT2D eigenvalue weighted by Crippen LogP contribution is -2.20. The largest absolute Gasteiger partial charge is 0.320 e. The van der Waals surface area contributed by atoms with E-state index in [0.29, 0.717) is 17.2 Å². The van der Waals surface area contributed by atoms with Crippen molar-refractivity contribution in [3.63, 3.8) is 0 Å². The molecule has 1 saturated carbocycles. The number of pyridine rings is 1. The van der Waals surface area contributed by atoms with Gasteiger partial charge in [-0.15, -0.1) is 11.3 Å². The molecule has 3 rings (SSSR count). The highest BCUT2D eigenvalue weighted by molar-refractivity contribution is 7.09. The Labute approximate surface area is 151 Å². The number of halogens is 1. The van der Waals surface area contributed by atoms with Gasteiger partial charge in [-0.1, -0.05) is 20.8 Å². The Morgan fingerprint density at radius 2 is 2.04 bits per heavy atom. The number of hydrogen-bond acceptors (Lipinski definition) is 3. The first-order chi connectivity index (χ1) is 11.7. The number of aromatic nitrogens is 2. The monoisotopic (exact) mass is 361 g/mol. The molecule has 6 heteroatoms. The normalized spacial score (nSPS) is 15.7. The Balaban J connectivity index is 2.07. The molecule has 0 aliphatic heterocycles. The summed E-state index contributed by atoms with van der Waals surface area (Å²) in [7, 11) is 0. The van der Waals surface area contributed by atoms with E-state index in [9.17, 15) is 9.18 Å². The smallest absolute Gasteiger partial charge is 0.281 e. The molecular formula is C19H24FN3OS. The van der Waals surface area contributed by atoms with E-state index in [1.807, 2.05) is 0 Å². The van der Waals surface area contributed by atoms with Gasteiger partial charge in [0.25, 0.3) is 5.91 Å². The third-order valence-corrected chi connectivity index (χ3v) is 6.06. The van der Waals surface area contributed by atoms with E-state index < -0.39 is 5.95 Å². The summed E-state index contributed by atoms with van der Waals surface area (Å²) in [5.41, 5.74) is 1.91. The standard InChI is InChI=1S/C19H24FN3OS/c1-11-14(8-9-15(20)21-11)17(24)22-18-23(10-13-6-7-13)12(2)16(25-18)19(3,4)5/h8-9,13H,6-7,10H2,1-5H3/b22-18-. The molecule has 0 spiro atoms. The fraction of sp³-hybridized carbons (Fsp3) is 0.526. The van der Waals surface area contributed by atoms with Crippen LogP contribution in [0.15, 0.2) is 17.1 Å². The van der Waals surface area contributed by atoms with Crippen molar-refractivity contribution in [1.82, 2.24) is 9.55 Å². The van der Waals surface area contributed by atoms with E-state index >= 15 is 0 Å². The molecule has 1 aliphatic rings. The lowest BCUT2D eigenvalue weighted by Gasteiger charge is -2.17. The van der Waals surface area contributed by atoms with Crippen molar-refractivity contribution in [2.45, 2.75) is 59.4 Å². The Hall–Kier alpha value is -1.82. The first-order valence-corrected chi connectivity index (χ1v) is 9.41. The summed E-state index contributed by atoms with van der Waals surface area (Å²) in [6, 6.07) is 2.66. The summed E-state index contributed by atoms with van der Waals surface area (Å²) >= 11 is 1.58. The number of nitrogens with zero attached hydrogens (tertiary/aromatic N) is 3. The summed E-state index contributed by atoms with van der Waals surface area (Å²) in [5.74, 6) is -0.263. The molecule has 2 heterocycles. The Bertz CT molecular complexity index is 885. The van der Waals surface area contributed by atoms with Gasteiger partial charge in [-0.05, 0) is 50.2 Å². The molecule has 0 radical (unpaired) electrons. The van der Waals surface area contributed by atoms with Crippen molar-refractivity contribution in [3.8, 4) is 0 Å². The SMILES string of the molecule is Cc1nc(F)ccc1C(=O)/N=c1\sc(C(C)(C)C)c(C)n1CC1CC1. The molecule has 0 N–H and O–H groups in total. The highest BCUT2D eigenvalue weighted by atomic mass is 32.1. The molecule has 0 aromatic carbocycles. The molecule has 2 aromatic rings. The lowest BCUT2D eigenvalue weighted by atomic mass is 9.93. The maximum atomic E-state index is 13.2. The number of carbonyl (C=O) groups excluding carboxylic acids is 1. The zero-order chi connectivity index (χ0) is 18.4. The number of hydrogen-bond donors (Lipinski definition) is 0. The van der Waals surface area contributed by atoms with E-state index in [1.54, 1.807) is 18.3 Å². The van der Waals surface area contributed by atoms with Gasteiger partial charge >= 0.3 is 0 Å². The van der Waals surface area contributed by atoms with Crippen LogP contribution in [0.3, 0.4) is 0 Å². The quantitative estimate of drug-likeness (QED) is 0.771. The molecule has 0 unspecified atom stereocenters. The molecule has 25 heavy (non-hydrogen) atoms. The maximum absolute atomic E-state index is 13.2. The summed E-state index contributed by atoms with van der Waals surface area (Å²) < 4.78 is 15.4. The van der Waals surface area contributed by atoms with E-state index in [0.717, 1.165) is 11.3 Å². The molecule has 4 nitrogen and oxygen atoms in total. The van der Waals surface area contributed by atoms with Crippen LogP contribution in [0.2, 0.25) is 0 Å². The van der Waals surface area contributed by atoms with Crippen molar-refractivity contribution in [2.24, 2.45) is 10.9 Å². The highest BCUT2D eigenvalue weighted by Crippen LogP contribution is 2.33. The van der Waals surface area contributed by atoms with Gasteiger partial charge in [-0.25, -0.2) is 4.98 Å². The number of rotatable bonds is 3. The minimum absolute atomic E-state index is 0.00418. The van der Waals surface area contributed by atoms with E-state index in [4.69, 9.17) is 0 Å².